The van der Waals surface area contributed by atoms with Gasteiger partial charge in [0.25, 0.3) is 11.8 Å². The number of benzene rings is 2. The molecule has 0 saturated carbocycles. The molecule has 1 aliphatic rings. The van der Waals surface area contributed by atoms with E-state index in [2.05, 4.69) is 30.6 Å². The van der Waals surface area contributed by atoms with E-state index in [9.17, 15) is 4.79 Å². The highest BCUT2D eigenvalue weighted by Gasteiger charge is 2.25. The zero-order valence-corrected chi connectivity index (χ0v) is 16.9. The number of carbonyl (C=O) groups is 1. The average Bonchev–Trinajstić information content (AvgIpc) is 3.49. The van der Waals surface area contributed by atoms with Gasteiger partial charge in [0.15, 0.2) is 5.82 Å². The Morgan fingerprint density at radius 2 is 1.71 bits per heavy atom. The molecule has 0 radical (unpaired) electrons. The molecule has 0 spiro atoms. The summed E-state index contributed by atoms with van der Waals surface area (Å²) in [5.41, 5.74) is 2.31. The van der Waals surface area contributed by atoms with Crippen LogP contribution in [-0.2, 0) is 0 Å². The molecule has 1 amide bonds. The number of carbonyl (C=O) groups excluding carboxylic acids is 1. The summed E-state index contributed by atoms with van der Waals surface area (Å²) >= 11 is 0. The number of nitrogens with zero attached hydrogens (tertiary/aromatic N) is 8. The average molecular weight is 416 g/mol. The molecule has 0 aliphatic carbocycles. The number of hydrogen-bond acceptors (Lipinski definition) is 8. The van der Waals surface area contributed by atoms with Crippen LogP contribution in [0.3, 0.4) is 0 Å². The van der Waals surface area contributed by atoms with Gasteiger partial charge in [-0.25, -0.2) is 0 Å². The summed E-state index contributed by atoms with van der Waals surface area (Å²) < 4.78 is 6.89. The molecule has 5 rings (SSSR count). The quantitative estimate of drug-likeness (QED) is 0.497. The zero-order valence-electron chi connectivity index (χ0n) is 16.9. The summed E-state index contributed by atoms with van der Waals surface area (Å²) in [6.07, 6.45) is 0. The first-order valence-electron chi connectivity index (χ1n) is 9.98. The zero-order chi connectivity index (χ0) is 21.2. The van der Waals surface area contributed by atoms with Crippen LogP contribution >= 0.6 is 0 Å². The normalized spacial score (nSPS) is 14.1. The predicted octanol–water partition coefficient (Wildman–Crippen LogP) is 1.98. The van der Waals surface area contributed by atoms with Crippen molar-refractivity contribution in [3.8, 4) is 17.1 Å². The number of rotatable bonds is 4. The van der Waals surface area contributed by atoms with Crippen LogP contribution in [0.15, 0.2) is 59.1 Å². The molecular formula is C21H20N8O2. The van der Waals surface area contributed by atoms with Crippen LogP contribution < -0.4 is 4.90 Å². The molecule has 2 aromatic carbocycles. The first-order chi connectivity index (χ1) is 15.2. The minimum atomic E-state index is -0.00411. The van der Waals surface area contributed by atoms with Crippen molar-refractivity contribution >= 4 is 11.9 Å². The fraction of sp³-hybridized carbons (Fsp3) is 0.238. The molecular weight excluding hydrogens is 396 g/mol. The highest BCUT2D eigenvalue weighted by molar-refractivity contribution is 5.94. The first kappa shape index (κ1) is 18.9. The molecule has 31 heavy (non-hydrogen) atoms. The lowest BCUT2D eigenvalue weighted by atomic mass is 10.1. The lowest BCUT2D eigenvalue weighted by Gasteiger charge is -2.34. The van der Waals surface area contributed by atoms with Crippen LogP contribution in [0.2, 0.25) is 0 Å². The standard InChI is InChI=1S/C21H20N8O2/c1-15-22-19(31-24-15)16-7-9-17(10-8-16)20(30)27-11-13-28(14-12-27)21-23-25-26-29(21)18-5-3-2-4-6-18/h2-10H,11-14H2,1H3. The van der Waals surface area contributed by atoms with Crippen molar-refractivity contribution < 1.29 is 9.32 Å². The second-order valence-corrected chi connectivity index (χ2v) is 7.23. The first-order valence-corrected chi connectivity index (χ1v) is 9.98. The Bertz CT molecular complexity index is 1180. The Hall–Kier alpha value is -4.08. The summed E-state index contributed by atoms with van der Waals surface area (Å²) in [6.45, 7) is 4.25. The Balaban J connectivity index is 1.25. The van der Waals surface area contributed by atoms with E-state index >= 15 is 0 Å². The minimum Gasteiger partial charge on any atom is -0.336 e. The maximum Gasteiger partial charge on any atom is 0.257 e. The Morgan fingerprint density at radius 1 is 0.968 bits per heavy atom. The van der Waals surface area contributed by atoms with E-state index in [1.165, 1.54) is 0 Å². The highest BCUT2D eigenvalue weighted by Crippen LogP contribution is 2.20. The van der Waals surface area contributed by atoms with Gasteiger partial charge in [-0.3, -0.25) is 4.79 Å². The molecule has 4 aromatic rings. The monoisotopic (exact) mass is 416 g/mol. The summed E-state index contributed by atoms with van der Waals surface area (Å²) in [5, 5.41) is 15.9. The van der Waals surface area contributed by atoms with E-state index < -0.39 is 0 Å². The van der Waals surface area contributed by atoms with Crippen molar-refractivity contribution in [1.82, 2.24) is 35.2 Å². The topological polar surface area (TPSA) is 106 Å². The van der Waals surface area contributed by atoms with Gasteiger partial charge in [0.2, 0.25) is 5.95 Å². The number of aryl methyl sites for hydroxylation is 1. The Kier molecular flexibility index (Phi) is 4.87. The van der Waals surface area contributed by atoms with Crippen molar-refractivity contribution in [2.45, 2.75) is 6.92 Å². The second-order valence-electron chi connectivity index (χ2n) is 7.23. The Morgan fingerprint density at radius 3 is 2.39 bits per heavy atom. The van der Waals surface area contributed by atoms with E-state index in [-0.39, 0.29) is 5.91 Å². The van der Waals surface area contributed by atoms with Gasteiger partial charge in [0.1, 0.15) is 0 Å². The number of piperazine rings is 1. The number of aromatic nitrogens is 6. The molecule has 3 heterocycles. The maximum absolute atomic E-state index is 12.9. The number of para-hydroxylation sites is 1. The lowest BCUT2D eigenvalue weighted by Crippen LogP contribution is -2.49. The van der Waals surface area contributed by atoms with E-state index in [4.69, 9.17) is 4.52 Å². The second kappa shape index (κ2) is 7.98. The SMILES string of the molecule is Cc1noc(-c2ccc(C(=O)N3CCN(c4nnnn4-c4ccccc4)CC3)cc2)n1. The number of tetrazole rings is 1. The fourth-order valence-corrected chi connectivity index (χ4v) is 3.58. The van der Waals surface area contributed by atoms with Crippen LogP contribution in [0.5, 0.6) is 0 Å². The van der Waals surface area contributed by atoms with Gasteiger partial charge < -0.3 is 14.3 Å². The van der Waals surface area contributed by atoms with Gasteiger partial charge in [-0.05, 0) is 53.7 Å². The molecule has 1 aliphatic heterocycles. The molecule has 0 unspecified atom stereocenters. The van der Waals surface area contributed by atoms with Gasteiger partial charge >= 0.3 is 0 Å². The molecule has 0 N–H and O–H groups in total. The van der Waals surface area contributed by atoms with Crippen molar-refractivity contribution in [3.05, 3.63) is 66.0 Å². The van der Waals surface area contributed by atoms with Crippen LogP contribution in [-0.4, -0.2) is 67.3 Å². The fourth-order valence-electron chi connectivity index (χ4n) is 3.58. The molecule has 1 fully saturated rings. The summed E-state index contributed by atoms with van der Waals surface area (Å²) in [6, 6.07) is 17.0. The summed E-state index contributed by atoms with van der Waals surface area (Å²) in [4.78, 5) is 21.1. The third-order valence-electron chi connectivity index (χ3n) is 5.21. The lowest BCUT2D eigenvalue weighted by molar-refractivity contribution is 0.0746. The number of anilines is 1. The largest absolute Gasteiger partial charge is 0.336 e. The van der Waals surface area contributed by atoms with E-state index in [1.54, 1.807) is 23.7 Å². The smallest absolute Gasteiger partial charge is 0.257 e. The highest BCUT2D eigenvalue weighted by atomic mass is 16.5. The third-order valence-corrected chi connectivity index (χ3v) is 5.21. The summed E-state index contributed by atoms with van der Waals surface area (Å²) in [7, 11) is 0. The van der Waals surface area contributed by atoms with E-state index in [0.717, 1.165) is 11.3 Å². The van der Waals surface area contributed by atoms with E-state index in [1.807, 2.05) is 47.4 Å². The maximum atomic E-state index is 12.9. The van der Waals surface area contributed by atoms with Crippen LogP contribution in [0.4, 0.5) is 5.95 Å². The van der Waals surface area contributed by atoms with Gasteiger partial charge in [-0.1, -0.05) is 28.5 Å². The molecule has 0 bridgehead atoms. The van der Waals surface area contributed by atoms with Crippen LogP contribution in [0.1, 0.15) is 16.2 Å². The van der Waals surface area contributed by atoms with Gasteiger partial charge in [-0.15, -0.1) is 0 Å². The van der Waals surface area contributed by atoms with Crippen molar-refractivity contribution in [3.63, 3.8) is 0 Å². The van der Waals surface area contributed by atoms with Crippen molar-refractivity contribution in [1.29, 1.82) is 0 Å². The molecule has 10 heteroatoms. The third kappa shape index (κ3) is 3.75. The number of amides is 1. The van der Waals surface area contributed by atoms with Crippen molar-refractivity contribution in [2.24, 2.45) is 0 Å². The van der Waals surface area contributed by atoms with Crippen LogP contribution in [0, 0.1) is 6.92 Å². The van der Waals surface area contributed by atoms with Gasteiger partial charge in [0.05, 0.1) is 5.69 Å². The molecule has 0 atom stereocenters. The van der Waals surface area contributed by atoms with Crippen LogP contribution in [0.25, 0.3) is 17.1 Å². The minimum absolute atomic E-state index is 0.00411. The molecule has 156 valence electrons. The predicted molar refractivity (Wildman–Crippen MR) is 112 cm³/mol. The van der Waals surface area contributed by atoms with Gasteiger partial charge in [0, 0.05) is 37.3 Å². The van der Waals surface area contributed by atoms with Crippen molar-refractivity contribution in [2.75, 3.05) is 31.1 Å². The Labute approximate surface area is 178 Å². The summed E-state index contributed by atoms with van der Waals surface area (Å²) in [5.74, 6) is 1.70. The molecule has 1 saturated heterocycles. The molecule has 10 nitrogen and oxygen atoms in total. The molecule has 2 aromatic heterocycles. The van der Waals surface area contributed by atoms with E-state index in [0.29, 0.717) is 49.4 Å². The number of hydrogen-bond donors (Lipinski definition) is 0. The van der Waals surface area contributed by atoms with Gasteiger partial charge in [-0.2, -0.15) is 9.67 Å².